The zero-order chi connectivity index (χ0) is 14.4. The van der Waals surface area contributed by atoms with Crippen LogP contribution in [-0.4, -0.2) is 36.0 Å². The second-order valence-electron chi connectivity index (χ2n) is 4.65. The highest BCUT2D eigenvalue weighted by Crippen LogP contribution is 2.12. The van der Waals surface area contributed by atoms with Crippen molar-refractivity contribution < 1.29 is 9.18 Å². The molecule has 0 aliphatic heterocycles. The third kappa shape index (κ3) is 6.17. The van der Waals surface area contributed by atoms with Crippen LogP contribution in [0.5, 0.6) is 0 Å². The number of hydrogen-bond donors (Lipinski definition) is 3. The first-order chi connectivity index (χ1) is 9.69. The highest BCUT2D eigenvalue weighted by atomic mass is 35.5. The molecule has 0 radical (unpaired) electrons. The fraction of sp³-hybridized carbons (Fsp3) is 0.429. The van der Waals surface area contributed by atoms with E-state index in [1.54, 1.807) is 6.07 Å². The van der Waals surface area contributed by atoms with E-state index in [9.17, 15) is 9.18 Å². The number of halogens is 3. The van der Waals surface area contributed by atoms with Gasteiger partial charge in [-0.3, -0.25) is 4.79 Å². The average molecular weight is 351 g/mol. The Morgan fingerprint density at radius 1 is 1.32 bits per heavy atom. The van der Waals surface area contributed by atoms with Gasteiger partial charge in [0, 0.05) is 19.4 Å². The molecule has 1 amide bonds. The fourth-order valence-corrected chi connectivity index (χ4v) is 1.99. The fourth-order valence-electron chi connectivity index (χ4n) is 1.99. The zero-order valence-corrected chi connectivity index (χ0v) is 14.0. The molecule has 0 aliphatic carbocycles. The molecule has 0 saturated heterocycles. The Morgan fingerprint density at radius 3 is 2.82 bits per heavy atom. The highest BCUT2D eigenvalue weighted by molar-refractivity contribution is 5.85. The second kappa shape index (κ2) is 10.4. The predicted octanol–water partition coefficient (Wildman–Crippen LogP) is 2.20. The van der Waals surface area contributed by atoms with Gasteiger partial charge >= 0.3 is 0 Å². The number of rotatable bonds is 7. The van der Waals surface area contributed by atoms with Crippen molar-refractivity contribution in [1.82, 2.24) is 20.6 Å². The molecule has 1 aromatic carbocycles. The average Bonchev–Trinajstić information content (AvgIpc) is 2.81. The van der Waals surface area contributed by atoms with Gasteiger partial charge in [-0.15, -0.1) is 24.8 Å². The lowest BCUT2D eigenvalue weighted by Gasteiger charge is -2.03. The van der Waals surface area contributed by atoms with Crippen LogP contribution in [0.25, 0.3) is 11.0 Å². The number of nitrogens with zero attached hydrogens (tertiary/aromatic N) is 1. The Bertz CT molecular complexity index is 591. The molecule has 3 N–H and O–H groups in total. The van der Waals surface area contributed by atoms with Crippen LogP contribution < -0.4 is 10.6 Å². The molecule has 0 aliphatic rings. The van der Waals surface area contributed by atoms with E-state index in [2.05, 4.69) is 20.6 Å². The minimum atomic E-state index is -0.287. The number of fused-ring (bicyclic) bond motifs is 1. The van der Waals surface area contributed by atoms with Crippen molar-refractivity contribution in [2.24, 2.45) is 0 Å². The van der Waals surface area contributed by atoms with E-state index in [-0.39, 0.29) is 36.5 Å². The summed E-state index contributed by atoms with van der Waals surface area (Å²) in [5.41, 5.74) is 1.42. The molecule has 0 spiro atoms. The van der Waals surface area contributed by atoms with E-state index < -0.39 is 0 Å². The number of imidazole rings is 1. The molecule has 0 fully saturated rings. The summed E-state index contributed by atoms with van der Waals surface area (Å²) < 4.78 is 13.0. The third-order valence-electron chi connectivity index (χ3n) is 3.01. The van der Waals surface area contributed by atoms with Crippen molar-refractivity contribution in [1.29, 1.82) is 0 Å². The van der Waals surface area contributed by atoms with E-state index in [0.29, 0.717) is 24.9 Å². The van der Waals surface area contributed by atoms with Crippen LogP contribution >= 0.6 is 24.8 Å². The molecule has 22 heavy (non-hydrogen) atoms. The summed E-state index contributed by atoms with van der Waals surface area (Å²) in [6, 6.07) is 4.44. The van der Waals surface area contributed by atoms with Crippen LogP contribution in [-0.2, 0) is 11.2 Å². The number of aromatic amines is 1. The molecule has 2 aromatic rings. The largest absolute Gasteiger partial charge is 0.356 e. The number of nitrogens with one attached hydrogen (secondary N) is 3. The number of carbonyl (C=O) groups excluding carboxylic acids is 1. The molecule has 1 aromatic heterocycles. The lowest BCUT2D eigenvalue weighted by molar-refractivity contribution is -0.121. The van der Waals surface area contributed by atoms with Gasteiger partial charge in [0.05, 0.1) is 11.0 Å². The summed E-state index contributed by atoms with van der Waals surface area (Å²) in [7, 11) is 1.86. The van der Waals surface area contributed by atoms with Crippen LogP contribution in [0.3, 0.4) is 0 Å². The van der Waals surface area contributed by atoms with Crippen molar-refractivity contribution in [2.45, 2.75) is 19.3 Å². The Balaban J connectivity index is 0.00000220. The lowest BCUT2D eigenvalue weighted by Crippen LogP contribution is -2.26. The van der Waals surface area contributed by atoms with E-state index in [0.717, 1.165) is 24.3 Å². The smallest absolute Gasteiger partial charge is 0.220 e. The van der Waals surface area contributed by atoms with E-state index in [1.807, 2.05) is 7.05 Å². The Labute approximate surface area is 141 Å². The van der Waals surface area contributed by atoms with Crippen molar-refractivity contribution in [3.05, 3.63) is 29.8 Å². The summed E-state index contributed by atoms with van der Waals surface area (Å²) in [4.78, 5) is 18.9. The van der Waals surface area contributed by atoms with Crippen molar-refractivity contribution in [3.8, 4) is 0 Å². The van der Waals surface area contributed by atoms with Crippen LogP contribution in [0, 0.1) is 5.82 Å². The zero-order valence-electron chi connectivity index (χ0n) is 12.3. The highest BCUT2D eigenvalue weighted by Gasteiger charge is 2.05. The van der Waals surface area contributed by atoms with Crippen molar-refractivity contribution in [3.63, 3.8) is 0 Å². The molecule has 5 nitrogen and oxygen atoms in total. The second-order valence-corrected chi connectivity index (χ2v) is 4.65. The monoisotopic (exact) mass is 350 g/mol. The maximum absolute atomic E-state index is 13.0. The van der Waals surface area contributed by atoms with Crippen molar-refractivity contribution in [2.75, 3.05) is 20.1 Å². The number of amides is 1. The molecule has 1 heterocycles. The quantitative estimate of drug-likeness (QED) is 0.670. The molecular weight excluding hydrogens is 330 g/mol. The van der Waals surface area contributed by atoms with Crippen LogP contribution in [0.4, 0.5) is 4.39 Å². The number of aromatic nitrogens is 2. The number of H-pyrrole nitrogens is 1. The standard InChI is InChI=1S/C14H19FN4O.2ClH/c1-16-7-2-3-14(20)17-8-6-13-18-11-5-4-10(15)9-12(11)19-13;;/h4-5,9,16H,2-3,6-8H2,1H3,(H,17,20)(H,18,19);2*1H. The van der Waals surface area contributed by atoms with Crippen molar-refractivity contribution >= 4 is 41.8 Å². The van der Waals surface area contributed by atoms with E-state index >= 15 is 0 Å². The van der Waals surface area contributed by atoms with Crippen LogP contribution in [0.2, 0.25) is 0 Å². The molecule has 0 atom stereocenters. The molecule has 124 valence electrons. The summed E-state index contributed by atoms with van der Waals surface area (Å²) in [5, 5.41) is 5.84. The molecule has 2 rings (SSSR count). The van der Waals surface area contributed by atoms with Gasteiger partial charge in [0.15, 0.2) is 0 Å². The number of carbonyl (C=O) groups is 1. The van der Waals surface area contributed by atoms with Gasteiger partial charge in [-0.25, -0.2) is 9.37 Å². The van der Waals surface area contributed by atoms with Crippen LogP contribution in [0.1, 0.15) is 18.7 Å². The predicted molar refractivity (Wildman–Crippen MR) is 90.4 cm³/mol. The summed E-state index contributed by atoms with van der Waals surface area (Å²) in [5.74, 6) is 0.508. The maximum atomic E-state index is 13.0. The Hall–Kier alpha value is -1.37. The normalized spacial score (nSPS) is 9.91. The Kier molecular flexibility index (Phi) is 9.73. The number of hydrogen-bond acceptors (Lipinski definition) is 3. The third-order valence-corrected chi connectivity index (χ3v) is 3.01. The van der Waals surface area contributed by atoms with Gasteiger partial charge in [0.2, 0.25) is 5.91 Å². The summed E-state index contributed by atoms with van der Waals surface area (Å²) in [6.07, 6.45) is 1.95. The number of benzene rings is 1. The first-order valence-electron chi connectivity index (χ1n) is 6.74. The van der Waals surface area contributed by atoms with Gasteiger partial charge in [0.1, 0.15) is 11.6 Å². The van der Waals surface area contributed by atoms with Gasteiger partial charge in [-0.05, 0) is 38.2 Å². The summed E-state index contributed by atoms with van der Waals surface area (Å²) >= 11 is 0. The lowest BCUT2D eigenvalue weighted by atomic mass is 10.3. The Morgan fingerprint density at radius 2 is 2.09 bits per heavy atom. The first-order valence-corrected chi connectivity index (χ1v) is 6.74. The van der Waals surface area contributed by atoms with E-state index in [4.69, 9.17) is 0 Å². The first kappa shape index (κ1) is 20.6. The van der Waals surface area contributed by atoms with Gasteiger partial charge in [-0.2, -0.15) is 0 Å². The molecular formula is C14H21Cl2FN4O. The molecule has 8 heteroatoms. The molecule has 0 unspecified atom stereocenters. The van der Waals surface area contributed by atoms with Gasteiger partial charge in [0.25, 0.3) is 0 Å². The summed E-state index contributed by atoms with van der Waals surface area (Å²) in [6.45, 7) is 1.36. The van der Waals surface area contributed by atoms with Gasteiger partial charge < -0.3 is 15.6 Å². The van der Waals surface area contributed by atoms with E-state index in [1.165, 1.54) is 12.1 Å². The maximum Gasteiger partial charge on any atom is 0.220 e. The minimum Gasteiger partial charge on any atom is -0.356 e. The van der Waals surface area contributed by atoms with Gasteiger partial charge in [-0.1, -0.05) is 0 Å². The van der Waals surface area contributed by atoms with Crippen LogP contribution in [0.15, 0.2) is 18.2 Å². The topological polar surface area (TPSA) is 69.8 Å². The molecule has 0 saturated carbocycles. The SMILES string of the molecule is CNCCCC(=O)NCCc1nc2ccc(F)cc2[nH]1.Cl.Cl. The molecule has 0 bridgehead atoms. The minimum absolute atomic E-state index is 0.